The largest absolute Gasteiger partial charge is 0.490 e. The topological polar surface area (TPSA) is 65.7 Å². The van der Waals surface area contributed by atoms with Crippen LogP contribution in [0.5, 0.6) is 5.75 Å². The van der Waals surface area contributed by atoms with Gasteiger partial charge in [-0.1, -0.05) is 18.2 Å². The van der Waals surface area contributed by atoms with Crippen LogP contribution in [0.2, 0.25) is 0 Å². The Morgan fingerprint density at radius 1 is 1.04 bits per heavy atom. The quantitative estimate of drug-likeness (QED) is 0.408. The fraction of sp³-hybridized carbons (Fsp3) is 0.222. The Labute approximate surface area is 132 Å². The van der Waals surface area contributed by atoms with E-state index in [4.69, 9.17) is 13.9 Å². The van der Waals surface area contributed by atoms with Gasteiger partial charge >= 0.3 is 5.97 Å². The second-order valence-electron chi connectivity index (χ2n) is 4.90. The van der Waals surface area contributed by atoms with Crippen LogP contribution in [0.3, 0.4) is 0 Å². The molecule has 0 fully saturated rings. The van der Waals surface area contributed by atoms with Crippen molar-refractivity contribution in [2.45, 2.75) is 13.8 Å². The van der Waals surface area contributed by atoms with Crippen molar-refractivity contribution in [1.82, 2.24) is 0 Å². The van der Waals surface area contributed by atoms with E-state index in [0.717, 1.165) is 5.39 Å². The summed E-state index contributed by atoms with van der Waals surface area (Å²) in [7, 11) is 0. The molecule has 5 nitrogen and oxygen atoms in total. The molecule has 0 unspecified atom stereocenters. The second-order valence-corrected chi connectivity index (χ2v) is 4.90. The number of benzene rings is 2. The molecular weight excluding hydrogens is 296 g/mol. The highest BCUT2D eigenvalue weighted by Crippen LogP contribution is 2.37. The summed E-state index contributed by atoms with van der Waals surface area (Å²) in [6.45, 7) is 4.15. The Balaban J connectivity index is 2.28. The van der Waals surface area contributed by atoms with Crippen molar-refractivity contribution in [2.75, 3.05) is 13.2 Å². The number of furan rings is 1. The summed E-state index contributed by atoms with van der Waals surface area (Å²) < 4.78 is 16.2. The molecule has 0 radical (unpaired) electrons. The van der Waals surface area contributed by atoms with Gasteiger partial charge in [-0.2, -0.15) is 0 Å². The van der Waals surface area contributed by atoms with Crippen molar-refractivity contribution in [2.24, 2.45) is 0 Å². The van der Waals surface area contributed by atoms with Gasteiger partial charge in [-0.15, -0.1) is 0 Å². The summed E-state index contributed by atoms with van der Waals surface area (Å²) in [6, 6.07) is 10.6. The molecule has 0 N–H and O–H groups in total. The highest BCUT2D eigenvalue weighted by Gasteiger charge is 2.24. The van der Waals surface area contributed by atoms with E-state index in [9.17, 15) is 9.59 Å². The zero-order valence-electron chi connectivity index (χ0n) is 12.9. The minimum Gasteiger partial charge on any atom is -0.490 e. The number of hydrogen-bond donors (Lipinski definition) is 0. The van der Waals surface area contributed by atoms with Crippen molar-refractivity contribution in [3.63, 3.8) is 0 Å². The number of carbonyl (C=O) groups excluding carboxylic acids is 2. The van der Waals surface area contributed by atoms with Crippen LogP contribution in [-0.2, 0) is 9.53 Å². The van der Waals surface area contributed by atoms with Crippen molar-refractivity contribution < 1.29 is 23.5 Å². The van der Waals surface area contributed by atoms with Crippen molar-refractivity contribution in [3.8, 4) is 5.75 Å². The normalized spacial score (nSPS) is 10.9. The molecular formula is C18H16O5. The van der Waals surface area contributed by atoms with Gasteiger partial charge in [0.15, 0.2) is 11.3 Å². The number of ether oxygens (including phenoxy) is 2. The van der Waals surface area contributed by atoms with Crippen LogP contribution in [0.1, 0.15) is 24.2 Å². The molecule has 1 aromatic heterocycles. The predicted octanol–water partition coefficient (Wildman–Crippen LogP) is 3.73. The first-order valence-electron chi connectivity index (χ1n) is 7.45. The van der Waals surface area contributed by atoms with Crippen molar-refractivity contribution >= 4 is 33.7 Å². The number of ketones is 1. The van der Waals surface area contributed by atoms with Gasteiger partial charge in [-0.05, 0) is 32.0 Å². The molecule has 0 aliphatic rings. The zero-order valence-corrected chi connectivity index (χ0v) is 12.9. The standard InChI is InChI=1S/C18H16O5/c1-3-21-14-10-9-12(16(19)18(20)22-4-2)15-11-7-5-6-8-13(11)23-17(14)15/h5-10H,3-4H2,1-2H3. The molecule has 0 saturated heterocycles. The minimum atomic E-state index is -0.872. The molecule has 118 valence electrons. The Kier molecular flexibility index (Phi) is 4.02. The average Bonchev–Trinajstić information content (AvgIpc) is 2.95. The first kappa shape index (κ1) is 15.1. The van der Waals surface area contributed by atoms with Crippen LogP contribution in [0, 0.1) is 0 Å². The summed E-state index contributed by atoms with van der Waals surface area (Å²) >= 11 is 0. The first-order chi connectivity index (χ1) is 11.2. The van der Waals surface area contributed by atoms with Crippen LogP contribution in [0.4, 0.5) is 0 Å². The first-order valence-corrected chi connectivity index (χ1v) is 7.45. The van der Waals surface area contributed by atoms with Crippen molar-refractivity contribution in [1.29, 1.82) is 0 Å². The van der Waals surface area contributed by atoms with Crippen LogP contribution in [0.15, 0.2) is 40.8 Å². The molecule has 0 amide bonds. The van der Waals surface area contributed by atoms with E-state index in [1.807, 2.05) is 31.2 Å². The van der Waals surface area contributed by atoms with E-state index >= 15 is 0 Å². The lowest BCUT2D eigenvalue weighted by molar-refractivity contribution is -0.137. The highest BCUT2D eigenvalue weighted by molar-refractivity contribution is 6.44. The number of hydrogen-bond acceptors (Lipinski definition) is 5. The Bertz CT molecular complexity index is 891. The van der Waals surface area contributed by atoms with Crippen LogP contribution < -0.4 is 4.74 Å². The SMILES string of the molecule is CCOC(=O)C(=O)c1ccc(OCC)c2oc3ccccc3c12. The molecule has 0 aliphatic carbocycles. The average molecular weight is 312 g/mol. The summed E-state index contributed by atoms with van der Waals surface area (Å²) in [5.41, 5.74) is 1.35. The molecule has 0 aliphatic heterocycles. The summed E-state index contributed by atoms with van der Waals surface area (Å²) in [6.07, 6.45) is 0. The van der Waals surface area contributed by atoms with Gasteiger partial charge < -0.3 is 13.9 Å². The Morgan fingerprint density at radius 3 is 2.57 bits per heavy atom. The van der Waals surface area contributed by atoms with E-state index in [1.54, 1.807) is 19.1 Å². The van der Waals surface area contributed by atoms with Gasteiger partial charge in [-0.3, -0.25) is 4.79 Å². The lowest BCUT2D eigenvalue weighted by atomic mass is 10.0. The number of para-hydroxylation sites is 1. The zero-order chi connectivity index (χ0) is 16.4. The highest BCUT2D eigenvalue weighted by atomic mass is 16.5. The molecule has 3 rings (SSSR count). The summed E-state index contributed by atoms with van der Waals surface area (Å²) in [5, 5.41) is 1.33. The minimum absolute atomic E-state index is 0.150. The Hall–Kier alpha value is -2.82. The van der Waals surface area contributed by atoms with Gasteiger partial charge in [0.25, 0.3) is 5.78 Å². The predicted molar refractivity (Wildman–Crippen MR) is 85.9 cm³/mol. The molecule has 0 bridgehead atoms. The number of fused-ring (bicyclic) bond motifs is 3. The van der Waals surface area contributed by atoms with E-state index in [2.05, 4.69) is 0 Å². The maximum absolute atomic E-state index is 12.4. The van der Waals surface area contributed by atoms with Gasteiger partial charge in [0.1, 0.15) is 5.58 Å². The summed E-state index contributed by atoms with van der Waals surface area (Å²) in [4.78, 5) is 24.2. The lowest BCUT2D eigenvalue weighted by Crippen LogP contribution is -2.17. The molecule has 3 aromatic rings. The molecule has 0 saturated carbocycles. The maximum atomic E-state index is 12.4. The third kappa shape index (κ3) is 2.54. The lowest BCUT2D eigenvalue weighted by Gasteiger charge is -2.07. The number of Topliss-reactive ketones (excluding diaryl/α,β-unsaturated/α-hetero) is 1. The van der Waals surface area contributed by atoms with Gasteiger partial charge in [0.2, 0.25) is 0 Å². The number of rotatable bonds is 5. The van der Waals surface area contributed by atoms with Crippen LogP contribution in [-0.4, -0.2) is 25.0 Å². The fourth-order valence-corrected chi connectivity index (χ4v) is 2.57. The molecule has 5 heteroatoms. The van der Waals surface area contributed by atoms with Crippen LogP contribution in [0.25, 0.3) is 21.9 Å². The fourth-order valence-electron chi connectivity index (χ4n) is 2.57. The van der Waals surface area contributed by atoms with Gasteiger partial charge in [-0.25, -0.2) is 4.79 Å². The molecule has 2 aromatic carbocycles. The smallest absolute Gasteiger partial charge is 0.379 e. The van der Waals surface area contributed by atoms with E-state index in [1.165, 1.54) is 0 Å². The van der Waals surface area contributed by atoms with Crippen molar-refractivity contribution in [3.05, 3.63) is 42.0 Å². The number of esters is 1. The molecule has 23 heavy (non-hydrogen) atoms. The molecule has 1 heterocycles. The third-order valence-electron chi connectivity index (χ3n) is 3.50. The van der Waals surface area contributed by atoms with Crippen LogP contribution >= 0.6 is 0 Å². The van der Waals surface area contributed by atoms with E-state index in [0.29, 0.717) is 28.9 Å². The third-order valence-corrected chi connectivity index (χ3v) is 3.50. The maximum Gasteiger partial charge on any atom is 0.379 e. The van der Waals surface area contributed by atoms with E-state index in [-0.39, 0.29) is 12.2 Å². The number of carbonyl (C=O) groups is 2. The second kappa shape index (κ2) is 6.12. The van der Waals surface area contributed by atoms with E-state index < -0.39 is 11.8 Å². The van der Waals surface area contributed by atoms with Gasteiger partial charge in [0.05, 0.1) is 13.2 Å². The molecule has 0 atom stereocenters. The Morgan fingerprint density at radius 2 is 1.83 bits per heavy atom. The monoisotopic (exact) mass is 312 g/mol. The summed E-state index contributed by atoms with van der Waals surface area (Å²) in [5.74, 6) is -1.02. The van der Waals surface area contributed by atoms with Gasteiger partial charge in [0, 0.05) is 16.3 Å². The molecule has 0 spiro atoms.